The minimum absolute atomic E-state index is 0. The first-order valence-corrected chi connectivity index (χ1v) is 8.74. The van der Waals surface area contributed by atoms with Gasteiger partial charge in [0.25, 0.3) is 0 Å². The third-order valence-corrected chi connectivity index (χ3v) is 5.53. The zero-order chi connectivity index (χ0) is 15.5. The highest BCUT2D eigenvalue weighted by Gasteiger charge is 2.38. The van der Waals surface area contributed by atoms with Crippen LogP contribution in [0, 0.1) is 5.92 Å². The Kier molecular flexibility index (Phi) is 6.89. The number of rotatable bonds is 3. The molecule has 2 fully saturated rings. The Bertz CT molecular complexity index is 519. The first-order chi connectivity index (χ1) is 10.6. The summed E-state index contributed by atoms with van der Waals surface area (Å²) in [5, 5.41) is 9.58. The molecule has 3 rings (SSSR count). The number of hydrogen-bond acceptors (Lipinski definition) is 3. The van der Waals surface area contributed by atoms with Gasteiger partial charge in [-0.15, -0.1) is 12.4 Å². The zero-order valence-corrected chi connectivity index (χ0v) is 15.4. The molecular formula is C17H23BrClNO3. The van der Waals surface area contributed by atoms with Gasteiger partial charge in [-0.1, -0.05) is 28.1 Å². The van der Waals surface area contributed by atoms with Crippen molar-refractivity contribution in [2.45, 2.75) is 31.2 Å². The number of benzene rings is 1. The van der Waals surface area contributed by atoms with Crippen LogP contribution < -0.4 is 0 Å². The smallest absolute Gasteiger partial charge is 0.307 e. The van der Waals surface area contributed by atoms with Crippen molar-refractivity contribution in [2.75, 3.05) is 26.3 Å². The van der Waals surface area contributed by atoms with Crippen LogP contribution in [0.4, 0.5) is 0 Å². The number of ether oxygens (including phenoxy) is 1. The summed E-state index contributed by atoms with van der Waals surface area (Å²) in [6, 6.07) is 8.62. The van der Waals surface area contributed by atoms with Crippen molar-refractivity contribution in [3.63, 3.8) is 0 Å². The molecule has 0 spiro atoms. The Balaban J connectivity index is 0.00000192. The van der Waals surface area contributed by atoms with Crippen molar-refractivity contribution < 1.29 is 14.6 Å². The summed E-state index contributed by atoms with van der Waals surface area (Å²) in [5.74, 6) is -0.820. The first-order valence-electron chi connectivity index (χ1n) is 7.95. The van der Waals surface area contributed by atoms with Gasteiger partial charge >= 0.3 is 5.97 Å². The largest absolute Gasteiger partial charge is 0.481 e. The summed E-state index contributed by atoms with van der Waals surface area (Å²) in [7, 11) is 0. The molecule has 0 unspecified atom stereocenters. The van der Waals surface area contributed by atoms with E-state index in [2.05, 4.69) is 33.0 Å². The Morgan fingerprint density at radius 1 is 1.17 bits per heavy atom. The highest BCUT2D eigenvalue weighted by atomic mass is 79.9. The molecule has 1 saturated heterocycles. The minimum atomic E-state index is -0.659. The van der Waals surface area contributed by atoms with Gasteiger partial charge in [-0.25, -0.2) is 0 Å². The molecule has 23 heavy (non-hydrogen) atoms. The van der Waals surface area contributed by atoms with E-state index in [4.69, 9.17) is 4.74 Å². The summed E-state index contributed by atoms with van der Waals surface area (Å²) in [6.07, 6.45) is 2.67. The van der Waals surface area contributed by atoms with Crippen molar-refractivity contribution in [3.05, 3.63) is 34.3 Å². The molecule has 0 bridgehead atoms. The molecule has 128 valence electrons. The second kappa shape index (κ2) is 8.47. The molecule has 1 aliphatic carbocycles. The molecule has 3 atom stereocenters. The van der Waals surface area contributed by atoms with E-state index in [0.29, 0.717) is 6.04 Å². The minimum Gasteiger partial charge on any atom is -0.481 e. The van der Waals surface area contributed by atoms with E-state index in [0.717, 1.165) is 55.6 Å². The van der Waals surface area contributed by atoms with Crippen LogP contribution >= 0.6 is 28.3 Å². The molecule has 1 N–H and O–H groups in total. The van der Waals surface area contributed by atoms with Crippen LogP contribution in [0.15, 0.2) is 28.7 Å². The van der Waals surface area contributed by atoms with Gasteiger partial charge < -0.3 is 9.84 Å². The van der Waals surface area contributed by atoms with E-state index >= 15 is 0 Å². The van der Waals surface area contributed by atoms with E-state index in [1.165, 1.54) is 0 Å². The normalized spacial score (nSPS) is 28.8. The van der Waals surface area contributed by atoms with E-state index < -0.39 is 5.97 Å². The molecule has 0 radical (unpaired) electrons. The Morgan fingerprint density at radius 3 is 2.43 bits per heavy atom. The summed E-state index contributed by atoms with van der Waals surface area (Å²) in [6.45, 7) is 3.52. The van der Waals surface area contributed by atoms with Crippen LogP contribution in [0.1, 0.15) is 30.7 Å². The summed E-state index contributed by atoms with van der Waals surface area (Å²) < 4.78 is 6.46. The lowest BCUT2D eigenvalue weighted by Gasteiger charge is -2.41. The molecule has 2 aliphatic rings. The number of hydrogen-bond donors (Lipinski definition) is 1. The lowest BCUT2D eigenvalue weighted by atomic mass is 9.73. The van der Waals surface area contributed by atoms with Gasteiger partial charge in [0.15, 0.2) is 0 Å². The fourth-order valence-electron chi connectivity index (χ4n) is 3.80. The maximum atomic E-state index is 11.6. The maximum Gasteiger partial charge on any atom is 0.307 e. The van der Waals surface area contributed by atoms with Gasteiger partial charge in [0.2, 0.25) is 0 Å². The van der Waals surface area contributed by atoms with Gasteiger partial charge in [0, 0.05) is 23.6 Å². The molecule has 4 nitrogen and oxygen atoms in total. The predicted octanol–water partition coefficient (Wildman–Crippen LogP) is 3.54. The second-order valence-corrected chi connectivity index (χ2v) is 7.13. The number of carboxylic acid groups (broad SMARTS) is 1. The van der Waals surface area contributed by atoms with Crippen LogP contribution in [0.2, 0.25) is 0 Å². The summed E-state index contributed by atoms with van der Waals surface area (Å²) in [5.41, 5.74) is 1.15. The second-order valence-electron chi connectivity index (χ2n) is 6.22. The maximum absolute atomic E-state index is 11.6. The van der Waals surface area contributed by atoms with Gasteiger partial charge in [0.1, 0.15) is 0 Å². The van der Waals surface area contributed by atoms with Gasteiger partial charge in [0.05, 0.1) is 19.1 Å². The highest BCUT2D eigenvalue weighted by molar-refractivity contribution is 9.10. The summed E-state index contributed by atoms with van der Waals surface area (Å²) in [4.78, 5) is 14.1. The van der Waals surface area contributed by atoms with Crippen molar-refractivity contribution in [2.24, 2.45) is 5.92 Å². The number of carbonyl (C=O) groups is 1. The van der Waals surface area contributed by atoms with Crippen molar-refractivity contribution in [3.8, 4) is 0 Å². The third kappa shape index (κ3) is 4.47. The quantitative estimate of drug-likeness (QED) is 0.837. The zero-order valence-electron chi connectivity index (χ0n) is 13.0. The molecule has 1 aromatic carbocycles. The lowest BCUT2D eigenvalue weighted by Crippen LogP contribution is -2.47. The Hall–Kier alpha value is -0.620. The number of halogens is 2. The molecule has 1 aromatic rings. The van der Waals surface area contributed by atoms with Crippen molar-refractivity contribution in [1.29, 1.82) is 0 Å². The van der Waals surface area contributed by atoms with E-state index in [1.54, 1.807) is 0 Å². The average molecular weight is 405 g/mol. The predicted molar refractivity (Wildman–Crippen MR) is 95.3 cm³/mol. The van der Waals surface area contributed by atoms with Crippen LogP contribution in [0.25, 0.3) is 0 Å². The van der Waals surface area contributed by atoms with Crippen molar-refractivity contribution >= 4 is 34.3 Å². The van der Waals surface area contributed by atoms with Crippen molar-refractivity contribution in [1.82, 2.24) is 4.90 Å². The van der Waals surface area contributed by atoms with Gasteiger partial charge in [-0.05, 0) is 42.9 Å². The van der Waals surface area contributed by atoms with Crippen LogP contribution in [-0.4, -0.2) is 48.3 Å². The molecule has 1 heterocycles. The van der Waals surface area contributed by atoms with E-state index in [9.17, 15) is 9.90 Å². The molecule has 1 saturated carbocycles. The van der Waals surface area contributed by atoms with Crippen LogP contribution in [-0.2, 0) is 9.53 Å². The van der Waals surface area contributed by atoms with Crippen LogP contribution in [0.5, 0.6) is 0 Å². The average Bonchev–Trinajstić information content (AvgIpc) is 2.56. The summed E-state index contributed by atoms with van der Waals surface area (Å²) >= 11 is 3.45. The monoisotopic (exact) mass is 403 g/mol. The van der Waals surface area contributed by atoms with Crippen LogP contribution in [0.3, 0.4) is 0 Å². The highest BCUT2D eigenvalue weighted by Crippen LogP contribution is 2.40. The van der Waals surface area contributed by atoms with Gasteiger partial charge in [-0.2, -0.15) is 0 Å². The topological polar surface area (TPSA) is 49.8 Å². The number of morpholine rings is 1. The number of aliphatic carboxylic acids is 1. The Labute approximate surface area is 151 Å². The SMILES string of the molecule is Cl.O=C(O)[C@@H]1CC[C@@H](N2CCOCC2)C[C@H]1c1ccc(Br)cc1. The lowest BCUT2D eigenvalue weighted by molar-refractivity contribution is -0.144. The number of carboxylic acids is 1. The fourth-order valence-corrected chi connectivity index (χ4v) is 4.06. The standard InChI is InChI=1S/C17H22BrNO3.ClH/c18-13-3-1-12(2-4-13)16-11-14(5-6-15(16)17(20)21)19-7-9-22-10-8-19;/h1-4,14-16H,5-11H2,(H,20,21);1H/t14-,15-,16+;/m1./s1. The third-order valence-electron chi connectivity index (χ3n) is 5.00. The molecule has 0 aromatic heterocycles. The van der Waals surface area contributed by atoms with E-state index in [-0.39, 0.29) is 24.2 Å². The Morgan fingerprint density at radius 2 is 1.83 bits per heavy atom. The number of nitrogens with zero attached hydrogens (tertiary/aromatic N) is 1. The van der Waals surface area contributed by atoms with E-state index in [1.807, 2.05) is 12.1 Å². The molecule has 0 amide bonds. The molecule has 6 heteroatoms. The van der Waals surface area contributed by atoms with Gasteiger partial charge in [-0.3, -0.25) is 9.69 Å². The molecular weight excluding hydrogens is 382 g/mol. The first kappa shape index (κ1) is 18.7. The molecule has 1 aliphatic heterocycles. The fraction of sp³-hybridized carbons (Fsp3) is 0.588.